The number of ether oxygens (including phenoxy) is 1. The molecule has 0 aromatic rings. The van der Waals surface area contributed by atoms with Crippen LogP contribution in [0, 0.1) is 11.3 Å². The Kier molecular flexibility index (Phi) is 5.22. The van der Waals surface area contributed by atoms with E-state index in [1.165, 1.54) is 19.4 Å². The maximum atomic E-state index is 5.87. The van der Waals surface area contributed by atoms with E-state index >= 15 is 0 Å². The third kappa shape index (κ3) is 4.81. The number of hydrogen-bond acceptors (Lipinski definition) is 3. The van der Waals surface area contributed by atoms with E-state index in [0.717, 1.165) is 19.6 Å². The predicted octanol–water partition coefficient (Wildman–Crippen LogP) is 1.72. The second kappa shape index (κ2) is 5.99. The summed E-state index contributed by atoms with van der Waals surface area (Å²) in [5.74, 6) is 0.621. The first kappa shape index (κ1) is 13.9. The standard InChI is InChI=1S/C13H28N2O/c1-13(2,3)7-11(8-14)9-15-6-5-12(10-15)16-4/h11-12H,5-10,14H2,1-4H3. The van der Waals surface area contributed by atoms with Crippen molar-refractivity contribution in [2.75, 3.05) is 33.3 Å². The van der Waals surface area contributed by atoms with Gasteiger partial charge in [-0.3, -0.25) is 0 Å². The summed E-state index contributed by atoms with van der Waals surface area (Å²) in [6.07, 6.45) is 2.81. The number of nitrogens with zero attached hydrogens (tertiary/aromatic N) is 1. The van der Waals surface area contributed by atoms with Crippen molar-refractivity contribution in [1.82, 2.24) is 4.90 Å². The maximum absolute atomic E-state index is 5.87. The van der Waals surface area contributed by atoms with E-state index in [9.17, 15) is 0 Å². The van der Waals surface area contributed by atoms with Crippen LogP contribution in [0.1, 0.15) is 33.6 Å². The summed E-state index contributed by atoms with van der Waals surface area (Å²) in [4.78, 5) is 2.50. The third-order valence-electron chi connectivity index (χ3n) is 3.31. The molecule has 16 heavy (non-hydrogen) atoms. The molecule has 0 amide bonds. The van der Waals surface area contributed by atoms with Gasteiger partial charge in [-0.2, -0.15) is 0 Å². The quantitative estimate of drug-likeness (QED) is 0.778. The van der Waals surface area contributed by atoms with Gasteiger partial charge in [0.15, 0.2) is 0 Å². The summed E-state index contributed by atoms with van der Waals surface area (Å²) in [6.45, 7) is 11.0. The van der Waals surface area contributed by atoms with Crippen LogP contribution in [0.25, 0.3) is 0 Å². The van der Waals surface area contributed by atoms with Crippen molar-refractivity contribution in [2.45, 2.75) is 39.7 Å². The van der Waals surface area contributed by atoms with Gasteiger partial charge in [0.1, 0.15) is 0 Å². The Morgan fingerprint density at radius 1 is 1.44 bits per heavy atom. The average molecular weight is 228 g/mol. The zero-order chi connectivity index (χ0) is 12.2. The van der Waals surface area contributed by atoms with Gasteiger partial charge in [0.2, 0.25) is 0 Å². The van der Waals surface area contributed by atoms with Gasteiger partial charge >= 0.3 is 0 Å². The average Bonchev–Trinajstić information content (AvgIpc) is 2.62. The second-order valence-electron chi connectivity index (χ2n) is 6.27. The van der Waals surface area contributed by atoms with Gasteiger partial charge in [0.05, 0.1) is 6.10 Å². The molecule has 2 atom stereocenters. The van der Waals surface area contributed by atoms with Crippen LogP contribution in [-0.2, 0) is 4.74 Å². The van der Waals surface area contributed by atoms with Gasteiger partial charge in [0.25, 0.3) is 0 Å². The molecular formula is C13H28N2O. The summed E-state index contributed by atoms with van der Waals surface area (Å²) < 4.78 is 5.38. The molecule has 0 aromatic carbocycles. The van der Waals surface area contributed by atoms with E-state index in [-0.39, 0.29) is 0 Å². The van der Waals surface area contributed by atoms with E-state index in [4.69, 9.17) is 10.5 Å². The van der Waals surface area contributed by atoms with Crippen LogP contribution in [0.15, 0.2) is 0 Å². The summed E-state index contributed by atoms with van der Waals surface area (Å²) in [7, 11) is 1.81. The molecule has 0 aliphatic carbocycles. The fourth-order valence-electron chi connectivity index (χ4n) is 2.61. The predicted molar refractivity (Wildman–Crippen MR) is 68.5 cm³/mol. The lowest BCUT2D eigenvalue weighted by molar-refractivity contribution is 0.104. The van der Waals surface area contributed by atoms with Crippen LogP contribution in [0.2, 0.25) is 0 Å². The molecule has 0 aromatic heterocycles. The van der Waals surface area contributed by atoms with Crippen molar-refractivity contribution >= 4 is 0 Å². The number of rotatable bonds is 5. The van der Waals surface area contributed by atoms with E-state index in [0.29, 0.717) is 17.4 Å². The normalized spacial score (nSPS) is 24.9. The first-order chi connectivity index (χ1) is 7.44. The Balaban J connectivity index is 2.34. The van der Waals surface area contributed by atoms with Gasteiger partial charge in [-0.25, -0.2) is 0 Å². The molecule has 96 valence electrons. The topological polar surface area (TPSA) is 38.5 Å². The first-order valence-corrected chi connectivity index (χ1v) is 6.40. The van der Waals surface area contributed by atoms with E-state index in [2.05, 4.69) is 25.7 Å². The molecular weight excluding hydrogens is 200 g/mol. The van der Waals surface area contributed by atoms with E-state index < -0.39 is 0 Å². The number of likely N-dealkylation sites (tertiary alicyclic amines) is 1. The Morgan fingerprint density at radius 3 is 2.56 bits per heavy atom. The fraction of sp³-hybridized carbons (Fsp3) is 1.00. The van der Waals surface area contributed by atoms with Crippen molar-refractivity contribution in [3.05, 3.63) is 0 Å². The Bertz CT molecular complexity index is 201. The highest BCUT2D eigenvalue weighted by molar-refractivity contribution is 4.80. The summed E-state index contributed by atoms with van der Waals surface area (Å²) in [6, 6.07) is 0. The smallest absolute Gasteiger partial charge is 0.0710 e. The molecule has 2 unspecified atom stereocenters. The van der Waals surface area contributed by atoms with Crippen LogP contribution in [-0.4, -0.2) is 44.3 Å². The molecule has 2 N–H and O–H groups in total. The third-order valence-corrected chi connectivity index (χ3v) is 3.31. The minimum absolute atomic E-state index is 0.379. The first-order valence-electron chi connectivity index (χ1n) is 6.40. The molecule has 0 radical (unpaired) electrons. The molecule has 0 spiro atoms. The number of nitrogens with two attached hydrogens (primary N) is 1. The monoisotopic (exact) mass is 228 g/mol. The lowest BCUT2D eigenvalue weighted by atomic mass is 9.84. The lowest BCUT2D eigenvalue weighted by Crippen LogP contribution is -2.34. The van der Waals surface area contributed by atoms with Crippen LogP contribution >= 0.6 is 0 Å². The van der Waals surface area contributed by atoms with Crippen LogP contribution in [0.3, 0.4) is 0 Å². The highest BCUT2D eigenvalue weighted by atomic mass is 16.5. The minimum Gasteiger partial charge on any atom is -0.380 e. The Morgan fingerprint density at radius 2 is 2.12 bits per heavy atom. The van der Waals surface area contributed by atoms with Crippen LogP contribution in [0.5, 0.6) is 0 Å². The number of hydrogen-bond donors (Lipinski definition) is 1. The SMILES string of the molecule is COC1CCN(CC(CN)CC(C)(C)C)C1. The van der Waals surface area contributed by atoms with Gasteiger partial charge in [-0.15, -0.1) is 0 Å². The molecule has 0 bridgehead atoms. The summed E-state index contributed by atoms with van der Waals surface area (Å²) in [5, 5.41) is 0. The zero-order valence-corrected chi connectivity index (χ0v) is 11.3. The van der Waals surface area contributed by atoms with Gasteiger partial charge < -0.3 is 15.4 Å². The zero-order valence-electron chi connectivity index (χ0n) is 11.3. The van der Waals surface area contributed by atoms with E-state index in [1.807, 2.05) is 7.11 Å². The van der Waals surface area contributed by atoms with Gasteiger partial charge in [-0.05, 0) is 30.7 Å². The van der Waals surface area contributed by atoms with Crippen molar-refractivity contribution < 1.29 is 4.74 Å². The van der Waals surface area contributed by atoms with Crippen molar-refractivity contribution in [3.63, 3.8) is 0 Å². The highest BCUT2D eigenvalue weighted by Gasteiger charge is 2.25. The molecule has 3 nitrogen and oxygen atoms in total. The van der Waals surface area contributed by atoms with Crippen molar-refractivity contribution in [3.8, 4) is 0 Å². The van der Waals surface area contributed by atoms with Crippen LogP contribution < -0.4 is 5.73 Å². The molecule has 1 heterocycles. The molecule has 1 fully saturated rings. The summed E-state index contributed by atoms with van der Waals surface area (Å²) >= 11 is 0. The molecule has 0 saturated carbocycles. The molecule has 1 saturated heterocycles. The summed E-state index contributed by atoms with van der Waals surface area (Å²) in [5.41, 5.74) is 6.25. The molecule has 1 aliphatic rings. The van der Waals surface area contributed by atoms with E-state index in [1.54, 1.807) is 0 Å². The fourth-order valence-corrected chi connectivity index (χ4v) is 2.61. The maximum Gasteiger partial charge on any atom is 0.0710 e. The largest absolute Gasteiger partial charge is 0.380 e. The minimum atomic E-state index is 0.379. The highest BCUT2D eigenvalue weighted by Crippen LogP contribution is 2.25. The molecule has 3 heteroatoms. The lowest BCUT2D eigenvalue weighted by Gasteiger charge is -2.28. The molecule has 1 aliphatic heterocycles. The van der Waals surface area contributed by atoms with Gasteiger partial charge in [-0.1, -0.05) is 20.8 Å². The Hall–Kier alpha value is -0.120. The Labute approximate surface area is 100 Å². The number of methoxy groups -OCH3 is 1. The van der Waals surface area contributed by atoms with Crippen molar-refractivity contribution in [1.29, 1.82) is 0 Å². The van der Waals surface area contributed by atoms with Crippen molar-refractivity contribution in [2.24, 2.45) is 17.1 Å². The van der Waals surface area contributed by atoms with Crippen LogP contribution in [0.4, 0.5) is 0 Å². The second-order valence-corrected chi connectivity index (χ2v) is 6.27. The van der Waals surface area contributed by atoms with Gasteiger partial charge in [0, 0.05) is 26.7 Å². The molecule has 1 rings (SSSR count).